The van der Waals surface area contributed by atoms with Crippen LogP contribution in [0.15, 0.2) is 4.99 Å². The Hall–Kier alpha value is -1.12. The fraction of sp³-hybridized carbons (Fsp3) is 0.833. The van der Waals surface area contributed by atoms with E-state index < -0.39 is 18.6 Å². The Balaban J connectivity index is 3.97. The molecule has 0 spiro atoms. The van der Waals surface area contributed by atoms with Crippen molar-refractivity contribution in [3.8, 4) is 0 Å². The summed E-state index contributed by atoms with van der Waals surface area (Å²) in [5.41, 5.74) is 0. The molecule has 0 heterocycles. The summed E-state index contributed by atoms with van der Waals surface area (Å²) in [5.74, 6) is 0.847. The second kappa shape index (κ2) is 10.6. The molecule has 9 heteroatoms. The van der Waals surface area contributed by atoms with Gasteiger partial charge >= 0.3 is 6.18 Å². The Labute approximate surface area is 127 Å². The maximum Gasteiger partial charge on any atom is 0.406 e. The zero-order valence-electron chi connectivity index (χ0n) is 12.6. The minimum atomic E-state index is -4.39. The van der Waals surface area contributed by atoms with Gasteiger partial charge in [0.1, 0.15) is 6.54 Å². The molecular weight excluding hydrogens is 305 g/mol. The van der Waals surface area contributed by atoms with E-state index in [1.165, 1.54) is 0 Å². The molecule has 0 aromatic heterocycles. The first-order valence-electron chi connectivity index (χ1n) is 6.54. The van der Waals surface area contributed by atoms with Crippen molar-refractivity contribution >= 4 is 23.6 Å². The number of unbranched alkanes of at least 4 members (excludes halogenated alkanes) is 1. The van der Waals surface area contributed by atoms with Crippen LogP contribution >= 0.6 is 11.8 Å². The van der Waals surface area contributed by atoms with Crippen molar-refractivity contribution in [3.05, 3.63) is 0 Å². The lowest BCUT2D eigenvalue weighted by Gasteiger charge is -2.20. The van der Waals surface area contributed by atoms with E-state index >= 15 is 0 Å². The average Bonchev–Trinajstić information content (AvgIpc) is 2.39. The van der Waals surface area contributed by atoms with Gasteiger partial charge < -0.3 is 15.5 Å². The normalized spacial score (nSPS) is 12.2. The summed E-state index contributed by atoms with van der Waals surface area (Å²) in [7, 11) is 2.66. The number of hydrogen-bond donors (Lipinski definition) is 2. The van der Waals surface area contributed by atoms with Crippen molar-refractivity contribution in [3.63, 3.8) is 0 Å². The van der Waals surface area contributed by atoms with Crippen molar-refractivity contribution in [2.24, 2.45) is 4.99 Å². The zero-order valence-corrected chi connectivity index (χ0v) is 13.4. The molecule has 0 aromatic carbocycles. The number of aliphatic imine (C=N–C) groups is 1. The molecule has 0 unspecified atom stereocenters. The number of halogens is 3. The van der Waals surface area contributed by atoms with Gasteiger partial charge in [0, 0.05) is 20.6 Å². The van der Waals surface area contributed by atoms with Gasteiger partial charge in [-0.25, -0.2) is 0 Å². The van der Waals surface area contributed by atoms with Gasteiger partial charge in [-0.2, -0.15) is 24.9 Å². The van der Waals surface area contributed by atoms with Crippen LogP contribution in [-0.4, -0.2) is 68.7 Å². The van der Waals surface area contributed by atoms with Crippen LogP contribution in [0.25, 0.3) is 0 Å². The SMILES string of the molecule is CN=C(NCCCCSC)NCC(=O)N(C)CC(F)(F)F. The molecule has 124 valence electrons. The topological polar surface area (TPSA) is 56.7 Å². The fourth-order valence-corrected chi connectivity index (χ4v) is 1.94. The van der Waals surface area contributed by atoms with Crippen molar-refractivity contribution in [2.75, 3.05) is 45.7 Å². The second-order valence-electron chi connectivity index (χ2n) is 4.42. The number of likely N-dealkylation sites (N-methyl/N-ethyl adjacent to an activating group) is 1. The third kappa shape index (κ3) is 11.2. The van der Waals surface area contributed by atoms with Crippen LogP contribution in [0.5, 0.6) is 0 Å². The molecule has 0 fully saturated rings. The number of nitrogens with zero attached hydrogens (tertiary/aromatic N) is 2. The standard InChI is InChI=1S/C12H23F3N4OS/c1-16-11(17-6-4-5-7-21-3)18-8-10(20)19(2)9-12(13,14)15/h4-9H2,1-3H3,(H2,16,17,18). The molecule has 0 rings (SSSR count). The van der Waals surface area contributed by atoms with Gasteiger partial charge in [-0.05, 0) is 24.9 Å². The fourth-order valence-electron chi connectivity index (χ4n) is 1.45. The van der Waals surface area contributed by atoms with Crippen molar-refractivity contribution in [2.45, 2.75) is 19.0 Å². The van der Waals surface area contributed by atoms with Gasteiger partial charge in [0.2, 0.25) is 5.91 Å². The third-order valence-corrected chi connectivity index (χ3v) is 3.24. The van der Waals surface area contributed by atoms with Crippen molar-refractivity contribution in [1.29, 1.82) is 0 Å². The molecule has 0 atom stereocenters. The lowest BCUT2D eigenvalue weighted by Crippen LogP contribution is -2.45. The first-order chi connectivity index (χ1) is 9.80. The average molecular weight is 328 g/mol. The van der Waals surface area contributed by atoms with Crippen LogP contribution in [-0.2, 0) is 4.79 Å². The maximum atomic E-state index is 12.1. The molecule has 0 aliphatic rings. The summed E-state index contributed by atoms with van der Waals surface area (Å²) in [6.07, 6.45) is -0.319. The number of alkyl halides is 3. The largest absolute Gasteiger partial charge is 0.406 e. The molecule has 0 saturated carbocycles. The van der Waals surface area contributed by atoms with E-state index in [1.54, 1.807) is 18.8 Å². The Morgan fingerprint density at radius 1 is 1.29 bits per heavy atom. The molecular formula is C12H23F3N4OS. The number of carbonyl (C=O) groups excluding carboxylic acids is 1. The van der Waals surface area contributed by atoms with Crippen LogP contribution < -0.4 is 10.6 Å². The van der Waals surface area contributed by atoms with Crippen LogP contribution in [0.3, 0.4) is 0 Å². The highest BCUT2D eigenvalue weighted by molar-refractivity contribution is 7.98. The van der Waals surface area contributed by atoms with E-state index in [0.29, 0.717) is 17.4 Å². The second-order valence-corrected chi connectivity index (χ2v) is 5.40. The Kier molecular flexibility index (Phi) is 10.0. The molecule has 21 heavy (non-hydrogen) atoms. The first kappa shape index (κ1) is 19.9. The number of hydrogen-bond acceptors (Lipinski definition) is 3. The predicted octanol–water partition coefficient (Wildman–Crippen LogP) is 1.32. The number of amides is 1. The van der Waals surface area contributed by atoms with Gasteiger partial charge in [-0.3, -0.25) is 9.79 Å². The summed E-state index contributed by atoms with van der Waals surface area (Å²) in [6.45, 7) is -0.780. The highest BCUT2D eigenvalue weighted by atomic mass is 32.2. The summed E-state index contributed by atoms with van der Waals surface area (Å²) >= 11 is 1.77. The number of guanidine groups is 1. The summed E-state index contributed by atoms with van der Waals surface area (Å²) in [6, 6.07) is 0. The third-order valence-electron chi connectivity index (χ3n) is 2.54. The van der Waals surface area contributed by atoms with E-state index in [4.69, 9.17) is 0 Å². The highest BCUT2D eigenvalue weighted by Crippen LogP contribution is 2.15. The summed E-state index contributed by atoms with van der Waals surface area (Å²) in [4.78, 5) is 16.1. The summed E-state index contributed by atoms with van der Waals surface area (Å²) < 4.78 is 36.4. The molecule has 0 aromatic rings. The molecule has 0 radical (unpaired) electrons. The zero-order chi connectivity index (χ0) is 16.3. The van der Waals surface area contributed by atoms with Crippen LogP contribution in [0, 0.1) is 0 Å². The van der Waals surface area contributed by atoms with Gasteiger partial charge in [-0.1, -0.05) is 0 Å². The lowest BCUT2D eigenvalue weighted by atomic mass is 10.3. The molecule has 0 aliphatic heterocycles. The van der Waals surface area contributed by atoms with E-state index in [9.17, 15) is 18.0 Å². The molecule has 0 aliphatic carbocycles. The smallest absolute Gasteiger partial charge is 0.356 e. The van der Waals surface area contributed by atoms with Crippen LogP contribution in [0.4, 0.5) is 13.2 Å². The monoisotopic (exact) mass is 328 g/mol. The van der Waals surface area contributed by atoms with Crippen molar-refractivity contribution in [1.82, 2.24) is 15.5 Å². The number of thioether (sulfide) groups is 1. The van der Waals surface area contributed by atoms with E-state index in [2.05, 4.69) is 15.6 Å². The Bertz CT molecular complexity index is 337. The maximum absolute atomic E-state index is 12.1. The minimum absolute atomic E-state index is 0.225. The summed E-state index contributed by atoms with van der Waals surface area (Å²) in [5, 5.41) is 5.71. The van der Waals surface area contributed by atoms with Crippen LogP contribution in [0.2, 0.25) is 0 Å². The predicted molar refractivity (Wildman–Crippen MR) is 80.7 cm³/mol. The highest BCUT2D eigenvalue weighted by Gasteiger charge is 2.31. The molecule has 0 bridgehead atoms. The van der Waals surface area contributed by atoms with Gasteiger partial charge in [0.15, 0.2) is 5.96 Å². The molecule has 5 nitrogen and oxygen atoms in total. The lowest BCUT2D eigenvalue weighted by molar-refractivity contribution is -0.157. The van der Waals surface area contributed by atoms with Crippen LogP contribution in [0.1, 0.15) is 12.8 Å². The Morgan fingerprint density at radius 2 is 1.95 bits per heavy atom. The van der Waals surface area contributed by atoms with Crippen molar-refractivity contribution < 1.29 is 18.0 Å². The Morgan fingerprint density at radius 3 is 2.48 bits per heavy atom. The van der Waals surface area contributed by atoms with Gasteiger partial charge in [-0.15, -0.1) is 0 Å². The molecule has 1 amide bonds. The molecule has 0 saturated heterocycles. The van der Waals surface area contributed by atoms with E-state index in [-0.39, 0.29) is 6.54 Å². The van der Waals surface area contributed by atoms with Gasteiger partial charge in [0.05, 0.1) is 6.54 Å². The first-order valence-corrected chi connectivity index (χ1v) is 7.93. The van der Waals surface area contributed by atoms with Gasteiger partial charge in [0.25, 0.3) is 0 Å². The number of carbonyl (C=O) groups is 1. The quantitative estimate of drug-likeness (QED) is 0.401. The molecule has 2 N–H and O–H groups in total. The van der Waals surface area contributed by atoms with E-state index in [1.807, 2.05) is 6.26 Å². The van der Waals surface area contributed by atoms with E-state index in [0.717, 1.165) is 25.6 Å². The number of rotatable bonds is 8. The number of nitrogens with one attached hydrogen (secondary N) is 2. The minimum Gasteiger partial charge on any atom is -0.356 e.